The normalized spacial score (nSPS) is 13.2. The minimum atomic E-state index is -0.460. The number of ether oxygens (including phenoxy) is 1. The smallest absolute Gasteiger partial charge is 0.308 e. The Bertz CT molecular complexity index is 796. The van der Waals surface area contributed by atoms with Gasteiger partial charge < -0.3 is 10.5 Å². The van der Waals surface area contributed by atoms with Crippen LogP contribution in [0.1, 0.15) is 27.6 Å². The van der Waals surface area contributed by atoms with Crippen LogP contribution in [0.5, 0.6) is 5.75 Å². The van der Waals surface area contributed by atoms with Gasteiger partial charge in [-0.05, 0) is 36.4 Å². The van der Waals surface area contributed by atoms with E-state index in [1.54, 1.807) is 18.2 Å². The minimum absolute atomic E-state index is 0.219. The second kappa shape index (κ2) is 5.00. The Morgan fingerprint density at radius 1 is 1.05 bits per heavy atom. The Morgan fingerprint density at radius 3 is 2.32 bits per heavy atom. The molecule has 1 aliphatic rings. The van der Waals surface area contributed by atoms with Gasteiger partial charge >= 0.3 is 5.97 Å². The van der Waals surface area contributed by atoms with Gasteiger partial charge in [-0.3, -0.25) is 14.4 Å². The highest BCUT2D eigenvalue weighted by Crippen LogP contribution is 2.32. The van der Waals surface area contributed by atoms with E-state index in [1.807, 2.05) is 0 Å². The number of imide groups is 1. The Balaban J connectivity index is 1.97. The zero-order valence-corrected chi connectivity index (χ0v) is 11.7. The van der Waals surface area contributed by atoms with Crippen LogP contribution in [0.4, 0.5) is 11.4 Å². The van der Waals surface area contributed by atoms with Crippen LogP contribution in [0.2, 0.25) is 0 Å². The van der Waals surface area contributed by atoms with Gasteiger partial charge in [-0.1, -0.05) is 6.07 Å². The van der Waals surface area contributed by atoms with Gasteiger partial charge in [0.1, 0.15) is 5.75 Å². The Kier molecular flexibility index (Phi) is 3.14. The van der Waals surface area contributed by atoms with Gasteiger partial charge in [0.25, 0.3) is 11.8 Å². The maximum atomic E-state index is 12.4. The molecule has 0 atom stereocenters. The molecular formula is C16H12N2O4. The molecule has 3 rings (SSSR count). The first-order chi connectivity index (χ1) is 10.5. The number of carbonyl (C=O) groups is 3. The molecule has 0 bridgehead atoms. The Labute approximate surface area is 126 Å². The highest BCUT2D eigenvalue weighted by atomic mass is 16.5. The van der Waals surface area contributed by atoms with Crippen molar-refractivity contribution < 1.29 is 19.1 Å². The summed E-state index contributed by atoms with van der Waals surface area (Å²) in [6.45, 7) is 1.29. The summed E-state index contributed by atoms with van der Waals surface area (Å²) in [5, 5.41) is 0. The van der Waals surface area contributed by atoms with Gasteiger partial charge in [-0.25, -0.2) is 4.90 Å². The summed E-state index contributed by atoms with van der Waals surface area (Å²) in [7, 11) is 0. The largest absolute Gasteiger partial charge is 0.427 e. The van der Waals surface area contributed by atoms with E-state index in [9.17, 15) is 14.4 Å². The van der Waals surface area contributed by atoms with E-state index in [-0.39, 0.29) is 16.8 Å². The van der Waals surface area contributed by atoms with Crippen molar-refractivity contribution in [3.63, 3.8) is 0 Å². The summed E-state index contributed by atoms with van der Waals surface area (Å²) in [6, 6.07) is 10.9. The van der Waals surface area contributed by atoms with E-state index >= 15 is 0 Å². The van der Waals surface area contributed by atoms with Crippen molar-refractivity contribution in [2.75, 3.05) is 10.6 Å². The number of nitrogens with zero attached hydrogens (tertiary/aromatic N) is 1. The van der Waals surface area contributed by atoms with Gasteiger partial charge in [0.2, 0.25) is 0 Å². The second-order valence-electron chi connectivity index (χ2n) is 4.80. The number of fused-ring (bicyclic) bond motifs is 1. The lowest BCUT2D eigenvalue weighted by atomic mass is 10.1. The van der Waals surface area contributed by atoms with E-state index in [0.29, 0.717) is 11.4 Å². The lowest BCUT2D eigenvalue weighted by Gasteiger charge is -2.14. The lowest BCUT2D eigenvalue weighted by molar-refractivity contribution is -0.131. The van der Waals surface area contributed by atoms with Gasteiger partial charge in [0.05, 0.1) is 16.8 Å². The first kappa shape index (κ1) is 13.8. The van der Waals surface area contributed by atoms with Crippen LogP contribution in [-0.4, -0.2) is 17.8 Å². The van der Waals surface area contributed by atoms with Gasteiger partial charge in [0, 0.05) is 12.6 Å². The number of anilines is 2. The third kappa shape index (κ3) is 2.10. The van der Waals surface area contributed by atoms with Crippen molar-refractivity contribution in [2.24, 2.45) is 0 Å². The first-order valence-corrected chi connectivity index (χ1v) is 6.55. The number of benzene rings is 2. The first-order valence-electron chi connectivity index (χ1n) is 6.55. The van der Waals surface area contributed by atoms with Crippen molar-refractivity contribution in [3.8, 4) is 5.75 Å². The van der Waals surface area contributed by atoms with Crippen LogP contribution in [0.25, 0.3) is 0 Å². The van der Waals surface area contributed by atoms with Crippen LogP contribution in [0, 0.1) is 0 Å². The quantitative estimate of drug-likeness (QED) is 0.396. The zero-order valence-electron chi connectivity index (χ0n) is 11.7. The molecule has 0 fully saturated rings. The SMILES string of the molecule is CC(=O)Oc1ccc(N2C(=O)c3cccc(N)c3C2=O)cc1. The summed E-state index contributed by atoms with van der Waals surface area (Å²) >= 11 is 0. The molecule has 1 aliphatic heterocycles. The molecule has 110 valence electrons. The average molecular weight is 296 g/mol. The van der Waals surface area contributed by atoms with E-state index in [4.69, 9.17) is 10.5 Å². The Hall–Kier alpha value is -3.15. The summed E-state index contributed by atoms with van der Waals surface area (Å²) in [5.41, 5.74) is 6.96. The summed E-state index contributed by atoms with van der Waals surface area (Å²) in [5.74, 6) is -0.987. The van der Waals surface area contributed by atoms with Crippen molar-refractivity contribution >= 4 is 29.2 Å². The molecule has 2 aromatic rings. The average Bonchev–Trinajstić information content (AvgIpc) is 2.73. The molecule has 0 aromatic heterocycles. The van der Waals surface area contributed by atoms with Crippen LogP contribution < -0.4 is 15.4 Å². The molecule has 0 radical (unpaired) electrons. The fraction of sp³-hybridized carbons (Fsp3) is 0.0625. The molecule has 2 amide bonds. The molecule has 0 aliphatic carbocycles. The van der Waals surface area contributed by atoms with Gasteiger partial charge in [0.15, 0.2) is 0 Å². The number of rotatable bonds is 2. The maximum absolute atomic E-state index is 12.4. The third-order valence-electron chi connectivity index (χ3n) is 3.30. The van der Waals surface area contributed by atoms with E-state index < -0.39 is 17.8 Å². The number of carbonyl (C=O) groups excluding carboxylic acids is 3. The number of esters is 1. The molecule has 0 saturated heterocycles. The number of hydrogen-bond acceptors (Lipinski definition) is 5. The fourth-order valence-corrected chi connectivity index (χ4v) is 2.38. The molecule has 0 spiro atoms. The Morgan fingerprint density at radius 2 is 1.73 bits per heavy atom. The highest BCUT2D eigenvalue weighted by Gasteiger charge is 2.37. The predicted octanol–water partition coefficient (Wildman–Crippen LogP) is 1.99. The van der Waals surface area contributed by atoms with Gasteiger partial charge in [-0.2, -0.15) is 0 Å². The predicted molar refractivity (Wildman–Crippen MR) is 79.7 cm³/mol. The maximum Gasteiger partial charge on any atom is 0.308 e. The van der Waals surface area contributed by atoms with Crippen LogP contribution in [0.3, 0.4) is 0 Å². The lowest BCUT2D eigenvalue weighted by Crippen LogP contribution is -2.29. The van der Waals surface area contributed by atoms with Crippen molar-refractivity contribution in [3.05, 3.63) is 53.6 Å². The molecule has 6 nitrogen and oxygen atoms in total. The van der Waals surface area contributed by atoms with E-state index in [0.717, 1.165) is 4.90 Å². The third-order valence-corrected chi connectivity index (χ3v) is 3.30. The van der Waals surface area contributed by atoms with Crippen molar-refractivity contribution in [2.45, 2.75) is 6.92 Å². The molecular weight excluding hydrogens is 284 g/mol. The monoisotopic (exact) mass is 296 g/mol. The summed E-state index contributed by atoms with van der Waals surface area (Å²) in [4.78, 5) is 36.8. The number of hydrogen-bond donors (Lipinski definition) is 1. The van der Waals surface area contributed by atoms with E-state index in [2.05, 4.69) is 0 Å². The zero-order chi connectivity index (χ0) is 15.9. The van der Waals surface area contributed by atoms with Crippen LogP contribution >= 0.6 is 0 Å². The second-order valence-corrected chi connectivity index (χ2v) is 4.80. The number of nitrogen functional groups attached to an aromatic ring is 1. The molecule has 0 saturated carbocycles. The number of nitrogens with two attached hydrogens (primary N) is 1. The highest BCUT2D eigenvalue weighted by molar-refractivity contribution is 6.35. The molecule has 6 heteroatoms. The van der Waals surface area contributed by atoms with E-state index in [1.165, 1.54) is 31.2 Å². The van der Waals surface area contributed by atoms with Crippen LogP contribution in [0.15, 0.2) is 42.5 Å². The van der Waals surface area contributed by atoms with Crippen molar-refractivity contribution in [1.29, 1.82) is 0 Å². The van der Waals surface area contributed by atoms with Crippen molar-refractivity contribution in [1.82, 2.24) is 0 Å². The molecule has 2 N–H and O–H groups in total. The summed E-state index contributed by atoms with van der Waals surface area (Å²) < 4.78 is 4.92. The standard InChI is InChI=1S/C16H12N2O4/c1-9(19)22-11-7-5-10(6-8-11)18-15(20)12-3-2-4-13(17)14(12)16(18)21/h2-8H,17H2,1H3. The molecule has 22 heavy (non-hydrogen) atoms. The molecule has 2 aromatic carbocycles. The van der Waals surface area contributed by atoms with Crippen LogP contribution in [-0.2, 0) is 4.79 Å². The molecule has 1 heterocycles. The topological polar surface area (TPSA) is 89.7 Å². The summed E-state index contributed by atoms with van der Waals surface area (Å²) in [6.07, 6.45) is 0. The molecule has 0 unspecified atom stereocenters. The minimum Gasteiger partial charge on any atom is -0.427 e. The van der Waals surface area contributed by atoms with Gasteiger partial charge in [-0.15, -0.1) is 0 Å². The number of amides is 2. The fourth-order valence-electron chi connectivity index (χ4n) is 2.38.